The first kappa shape index (κ1) is 12.4. The third-order valence-corrected chi connectivity index (χ3v) is 2.69. The van der Waals surface area contributed by atoms with Gasteiger partial charge in [-0.2, -0.15) is 4.98 Å². The zero-order valence-electron chi connectivity index (χ0n) is 10.7. The maximum atomic E-state index is 5.67. The summed E-state index contributed by atoms with van der Waals surface area (Å²) in [5.74, 6) is 0.712. The Morgan fingerprint density at radius 2 is 2.06 bits per heavy atom. The number of aromatic nitrogens is 2. The number of nitrogens with zero attached hydrogens (tertiary/aromatic N) is 2. The van der Waals surface area contributed by atoms with Crippen molar-refractivity contribution in [2.45, 2.75) is 19.8 Å². The standard InChI is InChI=1S/C14H17N3O/c1-3-5-10-6-4-7-11(8-10)12-9-13(18-2)17-14(15)16-12/h4,6-9H,3,5H2,1-2H3,(H2,15,16,17). The Balaban J connectivity index is 2.41. The van der Waals surface area contributed by atoms with Crippen molar-refractivity contribution in [2.75, 3.05) is 12.8 Å². The number of ether oxygens (including phenoxy) is 1. The van der Waals surface area contributed by atoms with Crippen molar-refractivity contribution in [3.63, 3.8) is 0 Å². The van der Waals surface area contributed by atoms with Crippen LogP contribution < -0.4 is 10.5 Å². The summed E-state index contributed by atoms with van der Waals surface area (Å²) in [5, 5.41) is 0. The van der Waals surface area contributed by atoms with Crippen molar-refractivity contribution < 1.29 is 4.74 Å². The van der Waals surface area contributed by atoms with Gasteiger partial charge in [0.1, 0.15) is 0 Å². The molecule has 2 aromatic rings. The minimum atomic E-state index is 0.227. The maximum absolute atomic E-state index is 5.67. The predicted octanol–water partition coefficient (Wildman–Crippen LogP) is 2.69. The van der Waals surface area contributed by atoms with E-state index in [0.717, 1.165) is 24.1 Å². The zero-order valence-corrected chi connectivity index (χ0v) is 10.7. The smallest absolute Gasteiger partial charge is 0.223 e. The molecule has 1 heterocycles. The van der Waals surface area contributed by atoms with E-state index in [-0.39, 0.29) is 5.95 Å². The minimum Gasteiger partial charge on any atom is -0.481 e. The number of hydrogen-bond donors (Lipinski definition) is 1. The van der Waals surface area contributed by atoms with E-state index in [1.54, 1.807) is 13.2 Å². The first-order valence-electron chi connectivity index (χ1n) is 6.00. The third kappa shape index (κ3) is 2.77. The van der Waals surface area contributed by atoms with Gasteiger partial charge in [-0.15, -0.1) is 0 Å². The number of rotatable bonds is 4. The lowest BCUT2D eigenvalue weighted by Crippen LogP contribution is -1.99. The van der Waals surface area contributed by atoms with Crippen molar-refractivity contribution in [2.24, 2.45) is 0 Å². The fourth-order valence-electron chi connectivity index (χ4n) is 1.87. The molecule has 1 aromatic heterocycles. The van der Waals surface area contributed by atoms with Crippen LogP contribution in [0, 0.1) is 0 Å². The van der Waals surface area contributed by atoms with E-state index in [2.05, 4.69) is 29.0 Å². The van der Waals surface area contributed by atoms with Crippen LogP contribution in [0.2, 0.25) is 0 Å². The minimum absolute atomic E-state index is 0.227. The molecule has 0 saturated heterocycles. The number of nitrogen functional groups attached to an aromatic ring is 1. The Morgan fingerprint density at radius 1 is 1.22 bits per heavy atom. The number of methoxy groups -OCH3 is 1. The zero-order chi connectivity index (χ0) is 13.0. The highest BCUT2D eigenvalue weighted by atomic mass is 16.5. The van der Waals surface area contributed by atoms with Gasteiger partial charge in [0.05, 0.1) is 12.8 Å². The van der Waals surface area contributed by atoms with Gasteiger partial charge in [-0.05, 0) is 18.1 Å². The molecule has 1 aromatic carbocycles. The molecule has 2 rings (SSSR count). The van der Waals surface area contributed by atoms with E-state index in [4.69, 9.17) is 10.5 Å². The Hall–Kier alpha value is -2.10. The number of hydrogen-bond acceptors (Lipinski definition) is 4. The van der Waals surface area contributed by atoms with Gasteiger partial charge in [-0.3, -0.25) is 0 Å². The van der Waals surface area contributed by atoms with E-state index in [1.807, 2.05) is 12.1 Å². The normalized spacial score (nSPS) is 10.3. The van der Waals surface area contributed by atoms with E-state index in [1.165, 1.54) is 5.56 Å². The second kappa shape index (κ2) is 5.49. The molecule has 0 unspecified atom stereocenters. The molecule has 0 radical (unpaired) electrons. The van der Waals surface area contributed by atoms with E-state index < -0.39 is 0 Å². The van der Waals surface area contributed by atoms with Crippen LogP contribution in [0.15, 0.2) is 30.3 Å². The highest BCUT2D eigenvalue weighted by Crippen LogP contribution is 2.22. The Morgan fingerprint density at radius 3 is 2.78 bits per heavy atom. The van der Waals surface area contributed by atoms with Gasteiger partial charge < -0.3 is 10.5 Å². The average molecular weight is 243 g/mol. The SMILES string of the molecule is CCCc1cccc(-c2cc(OC)nc(N)n2)c1. The highest BCUT2D eigenvalue weighted by molar-refractivity contribution is 5.62. The molecule has 0 spiro atoms. The molecular formula is C14H17N3O. The molecular weight excluding hydrogens is 226 g/mol. The fraction of sp³-hybridized carbons (Fsp3) is 0.286. The predicted molar refractivity (Wildman–Crippen MR) is 72.4 cm³/mol. The maximum Gasteiger partial charge on any atom is 0.223 e. The first-order chi connectivity index (χ1) is 8.72. The lowest BCUT2D eigenvalue weighted by Gasteiger charge is -2.06. The third-order valence-electron chi connectivity index (χ3n) is 2.69. The van der Waals surface area contributed by atoms with Crippen LogP contribution in [0.5, 0.6) is 5.88 Å². The molecule has 0 aliphatic carbocycles. The van der Waals surface area contributed by atoms with Crippen LogP contribution in [0.3, 0.4) is 0 Å². The molecule has 0 aliphatic rings. The monoisotopic (exact) mass is 243 g/mol. The summed E-state index contributed by atoms with van der Waals surface area (Å²) in [7, 11) is 1.57. The highest BCUT2D eigenvalue weighted by Gasteiger charge is 2.05. The molecule has 0 amide bonds. The Bertz CT molecular complexity index is 540. The number of benzene rings is 1. The first-order valence-corrected chi connectivity index (χ1v) is 6.00. The lowest BCUT2D eigenvalue weighted by atomic mass is 10.0. The molecule has 0 saturated carbocycles. The van der Waals surface area contributed by atoms with Gasteiger partial charge in [0, 0.05) is 11.6 Å². The summed E-state index contributed by atoms with van der Waals surface area (Å²) < 4.78 is 5.10. The summed E-state index contributed by atoms with van der Waals surface area (Å²) in [6.07, 6.45) is 2.18. The largest absolute Gasteiger partial charge is 0.481 e. The van der Waals surface area contributed by atoms with E-state index >= 15 is 0 Å². The average Bonchev–Trinajstić information content (AvgIpc) is 2.39. The summed E-state index contributed by atoms with van der Waals surface area (Å²) in [4.78, 5) is 8.22. The van der Waals surface area contributed by atoms with Crippen LogP contribution in [-0.2, 0) is 6.42 Å². The molecule has 4 nitrogen and oxygen atoms in total. The van der Waals surface area contributed by atoms with Gasteiger partial charge in [0.2, 0.25) is 11.8 Å². The van der Waals surface area contributed by atoms with Crippen molar-refractivity contribution in [3.05, 3.63) is 35.9 Å². The lowest BCUT2D eigenvalue weighted by molar-refractivity contribution is 0.398. The summed E-state index contributed by atoms with van der Waals surface area (Å²) in [6, 6.07) is 10.1. The van der Waals surface area contributed by atoms with Gasteiger partial charge in [0.15, 0.2) is 0 Å². The Labute approximate surface area is 107 Å². The Kier molecular flexibility index (Phi) is 3.77. The number of anilines is 1. The van der Waals surface area contributed by atoms with Crippen LogP contribution in [-0.4, -0.2) is 17.1 Å². The fourth-order valence-corrected chi connectivity index (χ4v) is 1.87. The van der Waals surface area contributed by atoms with Crippen LogP contribution >= 0.6 is 0 Å². The number of aryl methyl sites for hydroxylation is 1. The van der Waals surface area contributed by atoms with Gasteiger partial charge in [-0.1, -0.05) is 31.5 Å². The summed E-state index contributed by atoms with van der Waals surface area (Å²) >= 11 is 0. The second-order valence-corrected chi connectivity index (χ2v) is 4.10. The van der Waals surface area contributed by atoms with Crippen molar-refractivity contribution >= 4 is 5.95 Å². The summed E-state index contributed by atoms with van der Waals surface area (Å²) in [5.41, 5.74) is 8.79. The van der Waals surface area contributed by atoms with Crippen molar-refractivity contribution in [1.82, 2.24) is 9.97 Å². The van der Waals surface area contributed by atoms with Gasteiger partial charge in [0.25, 0.3) is 0 Å². The van der Waals surface area contributed by atoms with Gasteiger partial charge in [-0.25, -0.2) is 4.98 Å². The van der Waals surface area contributed by atoms with Crippen molar-refractivity contribution in [1.29, 1.82) is 0 Å². The quantitative estimate of drug-likeness (QED) is 0.896. The summed E-state index contributed by atoms with van der Waals surface area (Å²) in [6.45, 7) is 2.17. The van der Waals surface area contributed by atoms with Crippen LogP contribution in [0.1, 0.15) is 18.9 Å². The second-order valence-electron chi connectivity index (χ2n) is 4.10. The van der Waals surface area contributed by atoms with E-state index in [0.29, 0.717) is 5.88 Å². The van der Waals surface area contributed by atoms with Crippen LogP contribution in [0.4, 0.5) is 5.95 Å². The van der Waals surface area contributed by atoms with Crippen molar-refractivity contribution in [3.8, 4) is 17.1 Å². The molecule has 2 N–H and O–H groups in total. The molecule has 0 atom stereocenters. The topological polar surface area (TPSA) is 61.0 Å². The molecule has 18 heavy (non-hydrogen) atoms. The molecule has 0 aliphatic heterocycles. The van der Waals surface area contributed by atoms with Gasteiger partial charge >= 0.3 is 0 Å². The molecule has 0 fully saturated rings. The van der Waals surface area contributed by atoms with Crippen LogP contribution in [0.25, 0.3) is 11.3 Å². The molecule has 4 heteroatoms. The number of nitrogens with two attached hydrogens (primary N) is 1. The molecule has 94 valence electrons. The van der Waals surface area contributed by atoms with E-state index in [9.17, 15) is 0 Å². The molecule has 0 bridgehead atoms.